The SMILES string of the molecule is CI1CNC(=O)C1. The van der Waals surface area contributed by atoms with Crippen molar-refractivity contribution in [1.82, 2.24) is 5.32 Å². The number of halogens is 1. The second-order valence-electron chi connectivity index (χ2n) is 1.59. The van der Waals surface area contributed by atoms with Crippen LogP contribution in [0.25, 0.3) is 0 Å². The number of amides is 1. The first-order valence-electron chi connectivity index (χ1n) is 2.07. The number of carbonyl (C=O) groups is 1. The third kappa shape index (κ3) is 1.29. The van der Waals surface area contributed by atoms with Crippen LogP contribution in [0.3, 0.4) is 0 Å². The van der Waals surface area contributed by atoms with Crippen molar-refractivity contribution in [3.63, 3.8) is 0 Å². The van der Waals surface area contributed by atoms with Crippen LogP contribution in [0.4, 0.5) is 0 Å². The molecule has 0 radical (unpaired) electrons. The molecule has 0 bridgehead atoms. The maximum atomic E-state index is 10.4. The molecule has 0 spiro atoms. The summed E-state index contributed by atoms with van der Waals surface area (Å²) in [5.74, 6) is 0.271. The molecule has 7 heavy (non-hydrogen) atoms. The first-order chi connectivity index (χ1) is 3.29. The minimum atomic E-state index is -0.713. The van der Waals surface area contributed by atoms with Gasteiger partial charge in [0, 0.05) is 0 Å². The van der Waals surface area contributed by atoms with E-state index in [0.29, 0.717) is 0 Å². The monoisotopic (exact) mass is 213 g/mol. The fourth-order valence-electron chi connectivity index (χ4n) is 0.490. The number of carbonyl (C=O) groups excluding carboxylic acids is 1. The Morgan fingerprint density at radius 3 is 2.71 bits per heavy atom. The van der Waals surface area contributed by atoms with Gasteiger partial charge in [0.05, 0.1) is 0 Å². The molecule has 0 saturated carbocycles. The van der Waals surface area contributed by atoms with Crippen LogP contribution >= 0.6 is 19.8 Å². The number of hydrogen-bond donors (Lipinski definition) is 1. The molecule has 2 nitrogen and oxygen atoms in total. The van der Waals surface area contributed by atoms with Gasteiger partial charge in [-0.3, -0.25) is 0 Å². The molecule has 1 heterocycles. The third-order valence-electron chi connectivity index (χ3n) is 0.842. The Hall–Kier alpha value is 0.200. The summed E-state index contributed by atoms with van der Waals surface area (Å²) in [6.45, 7) is 0. The van der Waals surface area contributed by atoms with E-state index in [9.17, 15) is 4.79 Å². The van der Waals surface area contributed by atoms with Crippen LogP contribution in [-0.2, 0) is 4.79 Å². The quantitative estimate of drug-likeness (QED) is 0.348. The van der Waals surface area contributed by atoms with Gasteiger partial charge in [0.15, 0.2) is 0 Å². The zero-order valence-corrected chi connectivity index (χ0v) is 6.36. The van der Waals surface area contributed by atoms with Gasteiger partial charge < -0.3 is 0 Å². The first-order valence-corrected chi connectivity index (χ1v) is 7.28. The van der Waals surface area contributed by atoms with Crippen LogP contribution < -0.4 is 5.32 Å². The molecule has 1 fully saturated rings. The molecule has 1 rings (SSSR count). The van der Waals surface area contributed by atoms with E-state index in [-0.39, 0.29) is 5.91 Å². The molecule has 1 N–H and O–H groups in total. The molecular formula is C4H8INO. The second kappa shape index (κ2) is 1.98. The molecule has 42 valence electrons. The van der Waals surface area contributed by atoms with E-state index >= 15 is 0 Å². The Bertz CT molecular complexity index is 93.7. The molecule has 3 heteroatoms. The Balaban J connectivity index is 2.40. The predicted octanol–water partition coefficient (Wildman–Crippen LogP) is 0.210. The van der Waals surface area contributed by atoms with Crippen molar-refractivity contribution in [2.45, 2.75) is 0 Å². The Morgan fingerprint density at radius 1 is 1.86 bits per heavy atom. The van der Waals surface area contributed by atoms with Crippen molar-refractivity contribution in [3.05, 3.63) is 0 Å². The molecule has 0 aromatic rings. The predicted molar refractivity (Wildman–Crippen MR) is 37.8 cm³/mol. The van der Waals surface area contributed by atoms with Gasteiger partial charge in [-0.2, -0.15) is 0 Å². The summed E-state index contributed by atoms with van der Waals surface area (Å²) in [6.07, 6.45) is 0. The summed E-state index contributed by atoms with van der Waals surface area (Å²) < 4.78 is 1.91. The third-order valence-corrected chi connectivity index (χ3v) is 4.52. The summed E-state index contributed by atoms with van der Waals surface area (Å²) in [7, 11) is 0. The van der Waals surface area contributed by atoms with Gasteiger partial charge in [-0.25, -0.2) is 0 Å². The van der Waals surface area contributed by atoms with E-state index in [0.717, 1.165) is 8.98 Å². The number of hydrogen-bond acceptors (Lipinski definition) is 1. The van der Waals surface area contributed by atoms with Gasteiger partial charge in [-0.1, -0.05) is 0 Å². The van der Waals surface area contributed by atoms with Gasteiger partial charge in [-0.05, 0) is 0 Å². The van der Waals surface area contributed by atoms with Gasteiger partial charge in [-0.15, -0.1) is 0 Å². The van der Waals surface area contributed by atoms with E-state index in [1.807, 2.05) is 0 Å². The second-order valence-corrected chi connectivity index (χ2v) is 7.25. The molecule has 1 aliphatic heterocycles. The van der Waals surface area contributed by atoms with E-state index in [2.05, 4.69) is 10.2 Å². The fraction of sp³-hybridized carbons (Fsp3) is 0.750. The van der Waals surface area contributed by atoms with Crippen molar-refractivity contribution in [1.29, 1.82) is 0 Å². The van der Waals surface area contributed by atoms with Crippen LogP contribution in [0.15, 0.2) is 0 Å². The van der Waals surface area contributed by atoms with Crippen molar-refractivity contribution in [2.24, 2.45) is 0 Å². The fourth-order valence-corrected chi connectivity index (χ4v) is 3.29. The standard InChI is InChI=1S/C4H8INO/c1-5-2-4(7)6-3-5/h2-3H2,1H3,(H,6,7). The molecule has 1 amide bonds. The van der Waals surface area contributed by atoms with Gasteiger partial charge >= 0.3 is 49.7 Å². The number of nitrogens with one attached hydrogen (secondary N) is 1. The van der Waals surface area contributed by atoms with Crippen molar-refractivity contribution < 1.29 is 4.79 Å². The topological polar surface area (TPSA) is 29.1 Å². The number of alkyl halides is 3. The average Bonchev–Trinajstić information content (AvgIpc) is 1.87. The van der Waals surface area contributed by atoms with Crippen molar-refractivity contribution >= 4 is 25.7 Å². The van der Waals surface area contributed by atoms with Gasteiger partial charge in [0.1, 0.15) is 0 Å². The summed E-state index contributed by atoms with van der Waals surface area (Å²) in [6, 6.07) is 0. The number of rotatable bonds is 0. The minimum absolute atomic E-state index is 0.271. The molecule has 0 aliphatic carbocycles. The normalized spacial score (nSPS) is 25.3. The van der Waals surface area contributed by atoms with Crippen molar-refractivity contribution in [2.75, 3.05) is 13.9 Å². The molecule has 0 aromatic carbocycles. The molecule has 0 atom stereocenters. The van der Waals surface area contributed by atoms with E-state index in [1.165, 1.54) is 0 Å². The van der Waals surface area contributed by atoms with E-state index < -0.39 is 19.8 Å². The van der Waals surface area contributed by atoms with Crippen LogP contribution in [0, 0.1) is 0 Å². The van der Waals surface area contributed by atoms with Crippen LogP contribution in [-0.4, -0.2) is 19.8 Å². The molecule has 1 saturated heterocycles. The van der Waals surface area contributed by atoms with Crippen LogP contribution in [0.5, 0.6) is 0 Å². The Labute approximate surface area is 50.0 Å². The summed E-state index contributed by atoms with van der Waals surface area (Å²) >= 11 is -0.713. The molecule has 0 aromatic heterocycles. The average molecular weight is 213 g/mol. The van der Waals surface area contributed by atoms with Gasteiger partial charge in [0.25, 0.3) is 0 Å². The maximum absolute atomic E-state index is 10.4. The van der Waals surface area contributed by atoms with Crippen molar-refractivity contribution in [3.8, 4) is 0 Å². The molecular weight excluding hydrogens is 205 g/mol. The zero-order chi connectivity index (χ0) is 5.28. The summed E-state index contributed by atoms with van der Waals surface area (Å²) in [5.41, 5.74) is 0. The first kappa shape index (κ1) is 5.34. The van der Waals surface area contributed by atoms with E-state index in [1.54, 1.807) is 0 Å². The Morgan fingerprint density at radius 2 is 2.57 bits per heavy atom. The van der Waals surface area contributed by atoms with Gasteiger partial charge in [0.2, 0.25) is 0 Å². The summed E-state index contributed by atoms with van der Waals surface area (Å²) in [5, 5.41) is 2.80. The summed E-state index contributed by atoms with van der Waals surface area (Å²) in [4.78, 5) is 12.6. The van der Waals surface area contributed by atoms with Crippen LogP contribution in [0.1, 0.15) is 0 Å². The molecule has 1 aliphatic rings. The zero-order valence-electron chi connectivity index (χ0n) is 4.20. The van der Waals surface area contributed by atoms with Crippen LogP contribution in [0.2, 0.25) is 0 Å². The van der Waals surface area contributed by atoms with E-state index in [4.69, 9.17) is 0 Å². The Kier molecular flexibility index (Phi) is 1.51. The molecule has 0 unspecified atom stereocenters.